The molecule has 4 aromatic rings. The van der Waals surface area contributed by atoms with Gasteiger partial charge in [0.2, 0.25) is 0 Å². The number of hydrogen-bond donors (Lipinski definition) is 2. The van der Waals surface area contributed by atoms with Crippen molar-refractivity contribution >= 4 is 61.3 Å². The normalized spacial score (nSPS) is 15.1. The molecule has 1 saturated heterocycles. The third-order valence-corrected chi connectivity index (χ3v) is 8.18. The molecular weight excluding hydrogens is 628 g/mol. The molecule has 1 aliphatic heterocycles. The summed E-state index contributed by atoms with van der Waals surface area (Å²) >= 11 is 3.43. The fourth-order valence-corrected chi connectivity index (χ4v) is 5.52. The van der Waals surface area contributed by atoms with Gasteiger partial charge < -0.3 is 13.7 Å². The van der Waals surface area contributed by atoms with E-state index in [4.69, 9.17) is 0 Å². The van der Waals surface area contributed by atoms with Crippen LogP contribution in [0.15, 0.2) is 54.6 Å². The Bertz CT molecular complexity index is 1470. The highest BCUT2D eigenvalue weighted by atomic mass is 127. The predicted molar refractivity (Wildman–Crippen MR) is 153 cm³/mol. The molecule has 0 unspecified atom stereocenters. The van der Waals surface area contributed by atoms with Crippen LogP contribution in [0.4, 0.5) is 24.0 Å². The van der Waals surface area contributed by atoms with Crippen molar-refractivity contribution in [1.29, 1.82) is 0 Å². The van der Waals surface area contributed by atoms with E-state index in [1.54, 1.807) is 18.2 Å². The fourth-order valence-electron chi connectivity index (χ4n) is 4.34. The summed E-state index contributed by atoms with van der Waals surface area (Å²) in [4.78, 5) is 27.0. The van der Waals surface area contributed by atoms with Crippen molar-refractivity contribution < 1.29 is 18.0 Å². The molecule has 5 rings (SSSR count). The van der Waals surface area contributed by atoms with Crippen molar-refractivity contribution in [2.75, 3.05) is 42.1 Å². The average molecular weight is 652 g/mol. The number of halogens is 4. The molecule has 0 aliphatic carbocycles. The molecule has 0 saturated carbocycles. The number of nitrogens with zero attached hydrogens (tertiary/aromatic N) is 4. The van der Waals surface area contributed by atoms with E-state index >= 15 is 0 Å². The van der Waals surface area contributed by atoms with Gasteiger partial charge in [-0.05, 0) is 49.0 Å². The van der Waals surface area contributed by atoms with E-state index in [0.29, 0.717) is 24.3 Å². The van der Waals surface area contributed by atoms with E-state index < -0.39 is 17.6 Å². The van der Waals surface area contributed by atoms with E-state index in [9.17, 15) is 18.0 Å². The van der Waals surface area contributed by atoms with Crippen LogP contribution >= 0.6 is 34.2 Å². The predicted octanol–water partition coefficient (Wildman–Crippen LogP) is 6.14. The van der Waals surface area contributed by atoms with Crippen LogP contribution < -0.4 is 8.85 Å². The largest absolute Gasteiger partial charge is 0.416 e. The maximum absolute atomic E-state index is 13.9. The van der Waals surface area contributed by atoms with Gasteiger partial charge in [-0.1, -0.05) is 29.5 Å². The molecule has 7 nitrogen and oxygen atoms in total. The molecule has 1 fully saturated rings. The monoisotopic (exact) mass is 652 g/mol. The molecule has 3 heterocycles. The Morgan fingerprint density at radius 3 is 2.58 bits per heavy atom. The van der Waals surface area contributed by atoms with Crippen molar-refractivity contribution in [1.82, 2.24) is 19.8 Å². The van der Waals surface area contributed by atoms with Crippen LogP contribution in [0.3, 0.4) is 0 Å². The molecule has 12 heteroatoms. The van der Waals surface area contributed by atoms with Crippen molar-refractivity contribution in [3.63, 3.8) is 0 Å². The van der Waals surface area contributed by atoms with Crippen LogP contribution in [-0.4, -0.2) is 58.9 Å². The van der Waals surface area contributed by atoms with Gasteiger partial charge in [-0.2, -0.15) is 13.2 Å². The van der Waals surface area contributed by atoms with Crippen LogP contribution in [0, 0.1) is 0 Å². The van der Waals surface area contributed by atoms with Gasteiger partial charge in [-0.15, -0.1) is 0 Å². The summed E-state index contributed by atoms with van der Waals surface area (Å²) < 4.78 is 44.8. The van der Waals surface area contributed by atoms with Crippen LogP contribution in [0.1, 0.15) is 21.5 Å². The van der Waals surface area contributed by atoms with Crippen molar-refractivity contribution in [3.8, 4) is 11.3 Å². The number of carbonyl (C=O) groups is 1. The number of nitrogens with one attached hydrogen (secondary N) is 2. The summed E-state index contributed by atoms with van der Waals surface area (Å²) in [6.45, 7) is 3.27. The van der Waals surface area contributed by atoms with Crippen LogP contribution in [-0.2, 0) is 12.7 Å². The molecule has 1 aliphatic rings. The lowest BCUT2D eigenvalue weighted by atomic mass is 10.0. The standard InChI is InChI=1S/C26H24F3IN6OS/c1-35-9-11-36(12-10-35)15-18-5-6-19(14-20(18)26(27,28)29)31-23(37)17-4-2-3-16(13-17)21-7-8-22-24(32-21)38-25(33-22)34-30/h2-8,13-14H,9-12,15H2,1H3,(H,31,37)(H,33,34). The third-order valence-electron chi connectivity index (χ3n) is 6.42. The Kier molecular flexibility index (Phi) is 7.84. The Morgan fingerprint density at radius 2 is 1.84 bits per heavy atom. The summed E-state index contributed by atoms with van der Waals surface area (Å²) in [5.74, 6) is -0.498. The lowest BCUT2D eigenvalue weighted by Gasteiger charge is -2.33. The number of hydrogen-bond acceptors (Lipinski definition) is 7. The maximum atomic E-state index is 13.9. The highest BCUT2D eigenvalue weighted by Gasteiger charge is 2.34. The number of pyridine rings is 1. The molecule has 38 heavy (non-hydrogen) atoms. The summed E-state index contributed by atoms with van der Waals surface area (Å²) in [7, 11) is 2.00. The molecular formula is C26H24F3IN6OS. The van der Waals surface area contributed by atoms with Gasteiger partial charge in [-0.3, -0.25) is 9.69 Å². The second-order valence-corrected chi connectivity index (χ2v) is 10.6. The van der Waals surface area contributed by atoms with Crippen LogP contribution in [0.2, 0.25) is 0 Å². The molecule has 2 aromatic carbocycles. The zero-order chi connectivity index (χ0) is 26.9. The van der Waals surface area contributed by atoms with Gasteiger partial charge in [0.05, 0.1) is 34.1 Å². The van der Waals surface area contributed by atoms with Gasteiger partial charge in [0.15, 0.2) is 5.13 Å². The first-order valence-corrected chi connectivity index (χ1v) is 13.8. The van der Waals surface area contributed by atoms with Crippen LogP contribution in [0.25, 0.3) is 21.6 Å². The van der Waals surface area contributed by atoms with Crippen molar-refractivity contribution in [2.45, 2.75) is 12.7 Å². The second-order valence-electron chi connectivity index (χ2n) is 9.12. The quantitative estimate of drug-likeness (QED) is 0.193. The SMILES string of the molecule is CN1CCN(Cc2ccc(NC(=O)c3cccc(-c4ccc5nc(NI)sc5n4)c3)cc2C(F)(F)F)CC1. The molecule has 2 aromatic heterocycles. The van der Waals surface area contributed by atoms with Gasteiger partial charge in [-0.25, -0.2) is 9.97 Å². The van der Waals surface area contributed by atoms with E-state index in [2.05, 4.69) is 23.7 Å². The molecule has 0 atom stereocenters. The number of thiazole rings is 1. The Balaban J connectivity index is 1.35. The van der Waals surface area contributed by atoms with Crippen molar-refractivity contribution in [2.24, 2.45) is 0 Å². The number of likely N-dealkylation sites (N-methyl/N-ethyl adjacent to an activating group) is 1. The molecule has 1 amide bonds. The number of aromatic nitrogens is 2. The van der Waals surface area contributed by atoms with Gasteiger partial charge in [0.25, 0.3) is 5.91 Å². The minimum atomic E-state index is -4.53. The second kappa shape index (κ2) is 11.1. The van der Waals surface area contributed by atoms with E-state index in [0.717, 1.165) is 40.2 Å². The molecule has 2 N–H and O–H groups in total. The number of amides is 1. The topological polar surface area (TPSA) is 73.4 Å². The zero-order valence-electron chi connectivity index (χ0n) is 20.3. The van der Waals surface area contributed by atoms with E-state index in [-0.39, 0.29) is 17.8 Å². The smallest absolute Gasteiger partial charge is 0.322 e. The maximum Gasteiger partial charge on any atom is 0.416 e. The zero-order valence-corrected chi connectivity index (χ0v) is 23.3. The van der Waals surface area contributed by atoms with Gasteiger partial charge >= 0.3 is 6.18 Å². The number of alkyl halides is 3. The molecule has 0 spiro atoms. The van der Waals surface area contributed by atoms with E-state index in [1.165, 1.54) is 23.5 Å². The first-order valence-electron chi connectivity index (χ1n) is 11.9. The molecule has 198 valence electrons. The lowest BCUT2D eigenvalue weighted by Crippen LogP contribution is -2.44. The highest BCUT2D eigenvalue weighted by Crippen LogP contribution is 2.35. The lowest BCUT2D eigenvalue weighted by molar-refractivity contribution is -0.138. The number of fused-ring (bicyclic) bond motifs is 1. The Labute approximate surface area is 235 Å². The number of carbonyl (C=O) groups excluding carboxylic acids is 1. The average Bonchev–Trinajstić information content (AvgIpc) is 3.33. The number of rotatable bonds is 6. The Morgan fingerprint density at radius 1 is 1.05 bits per heavy atom. The summed E-state index contributed by atoms with van der Waals surface area (Å²) in [5.41, 5.74) is 2.04. The van der Waals surface area contributed by atoms with Gasteiger partial charge in [0, 0.05) is 49.5 Å². The summed E-state index contributed by atoms with van der Waals surface area (Å²) in [5, 5.41) is 3.37. The van der Waals surface area contributed by atoms with Crippen LogP contribution in [0.5, 0.6) is 0 Å². The minimum absolute atomic E-state index is 0.0953. The number of piperazine rings is 1. The molecule has 0 bridgehead atoms. The summed E-state index contributed by atoms with van der Waals surface area (Å²) in [6.07, 6.45) is -4.53. The van der Waals surface area contributed by atoms with Gasteiger partial charge in [0.1, 0.15) is 10.3 Å². The summed E-state index contributed by atoms with van der Waals surface area (Å²) in [6, 6.07) is 14.5. The highest BCUT2D eigenvalue weighted by molar-refractivity contribution is 14.1. The van der Waals surface area contributed by atoms with Crippen molar-refractivity contribution in [3.05, 3.63) is 71.3 Å². The first-order chi connectivity index (χ1) is 18.2. The number of anilines is 2. The molecule has 0 radical (unpaired) electrons. The van der Waals surface area contributed by atoms with E-state index in [1.807, 2.05) is 53.0 Å². The fraction of sp³-hybridized carbons (Fsp3) is 0.269. The third kappa shape index (κ3) is 6.08. The Hall–Kier alpha value is -2.81. The minimum Gasteiger partial charge on any atom is -0.322 e. The first kappa shape index (κ1) is 26.8. The number of benzene rings is 2.